The van der Waals surface area contributed by atoms with Crippen LogP contribution in [0.25, 0.3) is 0 Å². The summed E-state index contributed by atoms with van der Waals surface area (Å²) in [4.78, 5) is 0. The molecule has 0 aliphatic rings. The fourth-order valence-electron chi connectivity index (χ4n) is 1.92. The van der Waals surface area contributed by atoms with Crippen molar-refractivity contribution in [3.8, 4) is 11.8 Å². The van der Waals surface area contributed by atoms with Gasteiger partial charge in [0.15, 0.2) is 11.6 Å². The highest BCUT2D eigenvalue weighted by Gasteiger charge is 2.08. The predicted molar refractivity (Wildman–Crippen MR) is 74.6 cm³/mol. The highest BCUT2D eigenvalue weighted by molar-refractivity contribution is 5.38. The van der Waals surface area contributed by atoms with Crippen molar-refractivity contribution >= 4 is 0 Å². The molecule has 0 saturated carbocycles. The maximum Gasteiger partial charge on any atom is 0.165 e. The summed E-state index contributed by atoms with van der Waals surface area (Å²) < 4.78 is 32.4. The molecule has 0 spiro atoms. The Hall–Kier alpha value is -2.45. The molecule has 2 aromatic rings. The molecular formula is C16H14F2N2O. The number of benzene rings is 2. The maximum absolute atomic E-state index is 13.8. The van der Waals surface area contributed by atoms with E-state index in [9.17, 15) is 8.78 Å². The van der Waals surface area contributed by atoms with Gasteiger partial charge >= 0.3 is 0 Å². The van der Waals surface area contributed by atoms with E-state index in [0.717, 1.165) is 5.56 Å². The van der Waals surface area contributed by atoms with Crippen molar-refractivity contribution in [1.29, 1.82) is 5.26 Å². The van der Waals surface area contributed by atoms with Crippen LogP contribution in [0, 0.1) is 23.0 Å². The van der Waals surface area contributed by atoms with Crippen LogP contribution in [0.2, 0.25) is 0 Å². The van der Waals surface area contributed by atoms with Crippen molar-refractivity contribution in [2.45, 2.75) is 13.2 Å². The van der Waals surface area contributed by atoms with E-state index in [1.165, 1.54) is 30.3 Å². The summed E-state index contributed by atoms with van der Waals surface area (Å²) in [6.45, 7) is 0.489. The molecule has 0 bridgehead atoms. The Morgan fingerprint density at radius 2 is 2.00 bits per heavy atom. The van der Waals surface area contributed by atoms with Gasteiger partial charge in [-0.3, -0.25) is 0 Å². The van der Waals surface area contributed by atoms with Gasteiger partial charge in [0, 0.05) is 12.1 Å². The average Bonchev–Trinajstić information content (AvgIpc) is 2.47. The lowest BCUT2D eigenvalue weighted by atomic mass is 10.1. The van der Waals surface area contributed by atoms with Crippen molar-refractivity contribution in [1.82, 2.24) is 5.32 Å². The number of nitrogens with one attached hydrogen (secondary N) is 1. The molecule has 0 heterocycles. The van der Waals surface area contributed by atoms with E-state index < -0.39 is 11.6 Å². The number of halogens is 2. The van der Waals surface area contributed by atoms with Crippen LogP contribution < -0.4 is 10.1 Å². The van der Waals surface area contributed by atoms with Gasteiger partial charge in [0.1, 0.15) is 12.4 Å². The average molecular weight is 288 g/mol. The number of hydrogen-bond donors (Lipinski definition) is 1. The second-order valence-corrected chi connectivity index (χ2v) is 4.50. The molecule has 21 heavy (non-hydrogen) atoms. The summed E-state index contributed by atoms with van der Waals surface area (Å²) in [5, 5.41) is 11.9. The minimum Gasteiger partial charge on any atom is -0.486 e. The first-order valence-electron chi connectivity index (χ1n) is 6.38. The second-order valence-electron chi connectivity index (χ2n) is 4.50. The van der Waals surface area contributed by atoms with Crippen molar-refractivity contribution in [3.05, 3.63) is 64.7 Å². The van der Waals surface area contributed by atoms with Gasteiger partial charge in [0.05, 0.1) is 11.6 Å². The molecule has 0 aromatic heterocycles. The second kappa shape index (κ2) is 6.82. The lowest BCUT2D eigenvalue weighted by Gasteiger charge is -2.10. The monoisotopic (exact) mass is 288 g/mol. The van der Waals surface area contributed by atoms with Gasteiger partial charge in [-0.1, -0.05) is 6.07 Å². The Balaban J connectivity index is 2.13. The third kappa shape index (κ3) is 3.77. The van der Waals surface area contributed by atoms with Crippen LogP contribution in [-0.2, 0) is 13.2 Å². The van der Waals surface area contributed by atoms with Gasteiger partial charge in [-0.2, -0.15) is 5.26 Å². The molecule has 0 unspecified atom stereocenters. The zero-order chi connectivity index (χ0) is 15.2. The minimum absolute atomic E-state index is 0.0665. The molecule has 108 valence electrons. The molecule has 0 amide bonds. The molecule has 0 aliphatic heterocycles. The summed E-state index contributed by atoms with van der Waals surface area (Å²) in [7, 11) is 1.77. The number of hydrogen-bond acceptors (Lipinski definition) is 3. The van der Waals surface area contributed by atoms with E-state index in [4.69, 9.17) is 10.00 Å². The number of rotatable bonds is 5. The summed E-state index contributed by atoms with van der Waals surface area (Å²) in [5.74, 6) is -0.877. The Morgan fingerprint density at radius 3 is 2.67 bits per heavy atom. The van der Waals surface area contributed by atoms with Crippen LogP contribution in [0.5, 0.6) is 5.75 Å². The van der Waals surface area contributed by atoms with E-state index in [1.54, 1.807) is 13.1 Å². The van der Waals surface area contributed by atoms with Crippen LogP contribution in [-0.4, -0.2) is 7.05 Å². The van der Waals surface area contributed by atoms with E-state index in [2.05, 4.69) is 5.32 Å². The van der Waals surface area contributed by atoms with E-state index in [0.29, 0.717) is 17.7 Å². The summed E-state index contributed by atoms with van der Waals surface area (Å²) >= 11 is 0. The van der Waals surface area contributed by atoms with E-state index >= 15 is 0 Å². The van der Waals surface area contributed by atoms with Crippen LogP contribution in [0.1, 0.15) is 16.7 Å². The normalized spacial score (nSPS) is 10.2. The molecular weight excluding hydrogens is 274 g/mol. The van der Waals surface area contributed by atoms with Gasteiger partial charge in [0.2, 0.25) is 0 Å². The number of ether oxygens (including phenoxy) is 1. The van der Waals surface area contributed by atoms with E-state index in [1.807, 2.05) is 6.07 Å². The SMILES string of the molecule is CNCc1ccc(OCc2cc(F)ccc2C#N)c(F)c1. The van der Waals surface area contributed by atoms with Crippen molar-refractivity contribution in [3.63, 3.8) is 0 Å². The van der Waals surface area contributed by atoms with Crippen LogP contribution >= 0.6 is 0 Å². The molecule has 2 aromatic carbocycles. The smallest absolute Gasteiger partial charge is 0.165 e. The van der Waals surface area contributed by atoms with Gasteiger partial charge in [-0.25, -0.2) is 8.78 Å². The molecule has 0 atom stereocenters. The van der Waals surface area contributed by atoms with Gasteiger partial charge < -0.3 is 10.1 Å². The molecule has 2 rings (SSSR count). The molecule has 0 fully saturated rings. The predicted octanol–water partition coefficient (Wildman–Crippen LogP) is 3.13. The molecule has 1 N–H and O–H groups in total. The first-order chi connectivity index (χ1) is 10.1. The van der Waals surface area contributed by atoms with Crippen molar-refractivity contribution < 1.29 is 13.5 Å². The topological polar surface area (TPSA) is 45.0 Å². The van der Waals surface area contributed by atoms with Gasteiger partial charge in [0.25, 0.3) is 0 Å². The fourth-order valence-corrected chi connectivity index (χ4v) is 1.92. The number of nitriles is 1. The quantitative estimate of drug-likeness (QED) is 0.919. The minimum atomic E-state index is -0.488. The van der Waals surface area contributed by atoms with Crippen LogP contribution in [0.15, 0.2) is 36.4 Å². The standard InChI is InChI=1S/C16H14F2N2O/c1-20-9-11-2-5-16(15(18)6-11)21-10-13-7-14(17)4-3-12(13)8-19/h2-7,20H,9-10H2,1H3. The maximum atomic E-state index is 13.8. The zero-order valence-corrected chi connectivity index (χ0v) is 11.5. The lowest BCUT2D eigenvalue weighted by molar-refractivity contribution is 0.289. The van der Waals surface area contributed by atoms with Crippen LogP contribution in [0.3, 0.4) is 0 Å². The molecule has 5 heteroatoms. The highest BCUT2D eigenvalue weighted by atomic mass is 19.1. The Morgan fingerprint density at radius 1 is 1.19 bits per heavy atom. The molecule has 0 saturated heterocycles. The lowest BCUT2D eigenvalue weighted by Crippen LogP contribution is -2.06. The van der Waals surface area contributed by atoms with E-state index in [-0.39, 0.29) is 12.4 Å². The summed E-state index contributed by atoms with van der Waals surface area (Å²) in [5.41, 5.74) is 1.49. The Bertz CT molecular complexity index is 680. The Kier molecular flexibility index (Phi) is 4.85. The first kappa shape index (κ1) is 14.9. The van der Waals surface area contributed by atoms with Crippen molar-refractivity contribution in [2.75, 3.05) is 7.05 Å². The molecule has 0 aliphatic carbocycles. The first-order valence-corrected chi connectivity index (χ1v) is 6.38. The molecule has 0 radical (unpaired) electrons. The van der Waals surface area contributed by atoms with Gasteiger partial charge in [-0.15, -0.1) is 0 Å². The zero-order valence-electron chi connectivity index (χ0n) is 11.5. The molecule has 3 nitrogen and oxygen atoms in total. The Labute approximate surface area is 121 Å². The summed E-state index contributed by atoms with van der Waals surface area (Å²) in [6, 6.07) is 10.4. The largest absolute Gasteiger partial charge is 0.486 e. The van der Waals surface area contributed by atoms with Gasteiger partial charge in [-0.05, 0) is 42.9 Å². The highest BCUT2D eigenvalue weighted by Crippen LogP contribution is 2.21. The number of nitrogens with zero attached hydrogens (tertiary/aromatic N) is 1. The fraction of sp³-hybridized carbons (Fsp3) is 0.188. The van der Waals surface area contributed by atoms with Crippen LogP contribution in [0.4, 0.5) is 8.78 Å². The third-order valence-electron chi connectivity index (χ3n) is 2.95. The summed E-state index contributed by atoms with van der Waals surface area (Å²) in [6.07, 6.45) is 0. The van der Waals surface area contributed by atoms with Crippen molar-refractivity contribution in [2.24, 2.45) is 0 Å². The third-order valence-corrected chi connectivity index (χ3v) is 2.95.